The van der Waals surface area contributed by atoms with Gasteiger partial charge in [0.15, 0.2) is 8.07 Å². The Kier molecular flexibility index (Phi) is 6.09. The van der Waals surface area contributed by atoms with Crippen LogP contribution in [-0.2, 0) is 0 Å². The van der Waals surface area contributed by atoms with Crippen molar-refractivity contribution in [2.75, 3.05) is 4.90 Å². The van der Waals surface area contributed by atoms with E-state index in [1.807, 2.05) is 30.3 Å². The lowest BCUT2D eigenvalue weighted by Gasteiger charge is -2.35. The van der Waals surface area contributed by atoms with Crippen LogP contribution in [0.2, 0.25) is 0 Å². The molecule has 5 heteroatoms. The molecule has 0 saturated carbocycles. The van der Waals surface area contributed by atoms with Gasteiger partial charge in [-0.25, -0.2) is 0 Å². The first-order chi connectivity index (χ1) is 22.2. The van der Waals surface area contributed by atoms with E-state index in [4.69, 9.17) is 6.85 Å². The van der Waals surface area contributed by atoms with Gasteiger partial charge in [0, 0.05) is 17.1 Å². The van der Waals surface area contributed by atoms with Crippen LogP contribution in [0.3, 0.4) is 0 Å². The SMILES string of the molecule is [2H]c1c([2H])c([2H])c(N(c2ccc(B(O)O)cc2)c2ccc([Si](c3ccccc3)(c3ccccc3)c3ccccc3)cc2)c([2H])c1[2H]. The summed E-state index contributed by atoms with van der Waals surface area (Å²) in [5, 5.41) is 24.1. The molecule has 0 aliphatic rings. The molecule has 198 valence electrons. The first kappa shape index (κ1) is 21.1. The minimum absolute atomic E-state index is 0.00580. The Bertz CT molecular complexity index is 1840. The van der Waals surface area contributed by atoms with Gasteiger partial charge in [-0.05, 0) is 62.6 Å². The predicted molar refractivity (Wildman–Crippen MR) is 175 cm³/mol. The topological polar surface area (TPSA) is 43.7 Å². The number of hydrogen-bond acceptors (Lipinski definition) is 3. The summed E-state index contributed by atoms with van der Waals surface area (Å²) >= 11 is 0. The van der Waals surface area contributed by atoms with Crippen molar-refractivity contribution >= 4 is 58.5 Å². The highest BCUT2D eigenvalue weighted by Gasteiger charge is 2.41. The zero-order chi connectivity index (χ0) is 32.4. The Balaban J connectivity index is 1.60. The van der Waals surface area contributed by atoms with Crippen molar-refractivity contribution in [3.63, 3.8) is 0 Å². The van der Waals surface area contributed by atoms with Crippen molar-refractivity contribution in [2.24, 2.45) is 0 Å². The molecule has 0 aliphatic carbocycles. The second-order valence-electron chi connectivity index (χ2n) is 9.67. The van der Waals surface area contributed by atoms with Crippen LogP contribution in [0.1, 0.15) is 6.85 Å². The average Bonchev–Trinajstić information content (AvgIpc) is 3.10. The van der Waals surface area contributed by atoms with E-state index in [0.717, 1.165) is 5.19 Å². The molecular formula is C36H30BNO2Si. The van der Waals surface area contributed by atoms with Crippen molar-refractivity contribution in [3.8, 4) is 0 Å². The van der Waals surface area contributed by atoms with Crippen LogP contribution in [-0.4, -0.2) is 25.2 Å². The predicted octanol–water partition coefficient (Wildman–Crippen LogP) is 4.21. The maximum Gasteiger partial charge on any atom is 0.488 e. The molecule has 2 N–H and O–H groups in total. The third kappa shape index (κ3) is 5.14. The lowest BCUT2D eigenvalue weighted by molar-refractivity contribution is 0.426. The lowest BCUT2D eigenvalue weighted by Crippen LogP contribution is -2.74. The first-order valence-corrected chi connectivity index (χ1v) is 15.4. The highest BCUT2D eigenvalue weighted by molar-refractivity contribution is 7.19. The van der Waals surface area contributed by atoms with Crippen molar-refractivity contribution in [1.29, 1.82) is 0 Å². The molecule has 0 atom stereocenters. The van der Waals surface area contributed by atoms with Gasteiger partial charge in [-0.2, -0.15) is 0 Å². The van der Waals surface area contributed by atoms with E-state index in [1.54, 1.807) is 17.0 Å². The Morgan fingerprint density at radius 2 is 0.854 bits per heavy atom. The molecule has 3 nitrogen and oxygen atoms in total. The summed E-state index contributed by atoms with van der Waals surface area (Å²) in [6, 6.07) is 43.8. The van der Waals surface area contributed by atoms with Crippen molar-refractivity contribution in [2.45, 2.75) is 0 Å². The molecule has 41 heavy (non-hydrogen) atoms. The molecule has 0 amide bonds. The molecule has 0 heterocycles. The van der Waals surface area contributed by atoms with E-state index in [0.29, 0.717) is 11.4 Å². The van der Waals surface area contributed by atoms with Gasteiger partial charge >= 0.3 is 7.12 Å². The van der Waals surface area contributed by atoms with Crippen molar-refractivity contribution in [1.82, 2.24) is 0 Å². The van der Waals surface area contributed by atoms with Gasteiger partial charge in [-0.15, -0.1) is 0 Å². The van der Waals surface area contributed by atoms with Gasteiger partial charge in [-0.1, -0.05) is 133 Å². The van der Waals surface area contributed by atoms with E-state index in [2.05, 4.69) is 84.9 Å². The summed E-state index contributed by atoms with van der Waals surface area (Å²) in [5.41, 5.74) is 1.34. The number of benzene rings is 6. The van der Waals surface area contributed by atoms with Crippen LogP contribution in [0.15, 0.2) is 170 Å². The van der Waals surface area contributed by atoms with Crippen LogP contribution < -0.4 is 31.1 Å². The Morgan fingerprint density at radius 1 is 0.463 bits per heavy atom. The summed E-state index contributed by atoms with van der Waals surface area (Å²) in [6.45, 7) is 0. The highest BCUT2D eigenvalue weighted by Crippen LogP contribution is 2.33. The van der Waals surface area contributed by atoms with Crippen LogP contribution in [0, 0.1) is 0 Å². The van der Waals surface area contributed by atoms with E-state index < -0.39 is 33.3 Å². The molecule has 0 unspecified atom stereocenters. The fraction of sp³-hybridized carbons (Fsp3) is 0. The molecule has 0 aromatic heterocycles. The Hall–Kier alpha value is -4.68. The zero-order valence-corrected chi connectivity index (χ0v) is 23.2. The first-order valence-electron chi connectivity index (χ1n) is 15.9. The molecule has 0 saturated heterocycles. The molecule has 0 bridgehead atoms. The summed E-state index contributed by atoms with van der Waals surface area (Å²) in [6.07, 6.45) is 0. The normalized spacial score (nSPS) is 12.9. The molecule has 6 aromatic rings. The summed E-state index contributed by atoms with van der Waals surface area (Å²) < 4.78 is 42.4. The number of para-hydroxylation sites is 1. The summed E-state index contributed by atoms with van der Waals surface area (Å²) in [7, 11) is -4.49. The zero-order valence-electron chi connectivity index (χ0n) is 27.2. The van der Waals surface area contributed by atoms with Crippen LogP contribution in [0.5, 0.6) is 0 Å². The summed E-state index contributed by atoms with van der Waals surface area (Å²) in [5.74, 6) is 0. The fourth-order valence-corrected chi connectivity index (χ4v) is 10.2. The largest absolute Gasteiger partial charge is 0.488 e. The Morgan fingerprint density at radius 3 is 1.27 bits per heavy atom. The third-order valence-electron chi connectivity index (χ3n) is 7.34. The van der Waals surface area contributed by atoms with E-state index in [1.165, 1.54) is 27.7 Å². The van der Waals surface area contributed by atoms with Gasteiger partial charge in [0.05, 0.1) is 6.85 Å². The van der Waals surface area contributed by atoms with Crippen molar-refractivity contribution < 1.29 is 16.9 Å². The lowest BCUT2D eigenvalue weighted by atomic mass is 9.80. The third-order valence-corrected chi connectivity index (χ3v) is 12.1. The number of rotatable bonds is 8. The monoisotopic (exact) mass is 552 g/mol. The number of nitrogens with zero attached hydrogens (tertiary/aromatic N) is 1. The van der Waals surface area contributed by atoms with E-state index >= 15 is 0 Å². The number of hydrogen-bond donors (Lipinski definition) is 2. The van der Waals surface area contributed by atoms with Gasteiger partial charge in [0.2, 0.25) is 0 Å². The minimum atomic E-state index is -2.82. The van der Waals surface area contributed by atoms with Crippen LogP contribution in [0.25, 0.3) is 0 Å². The fourth-order valence-electron chi connectivity index (χ4n) is 5.48. The second kappa shape index (κ2) is 11.8. The molecular weight excluding hydrogens is 517 g/mol. The van der Waals surface area contributed by atoms with Gasteiger partial charge in [-0.3, -0.25) is 0 Å². The van der Waals surface area contributed by atoms with E-state index in [9.17, 15) is 10.0 Å². The molecule has 0 radical (unpaired) electrons. The molecule has 6 aromatic carbocycles. The standard InChI is InChI=1S/C36H30BNO2Si/c39-37(40)29-21-23-31(24-22-29)38(30-13-5-1-6-14-30)32-25-27-36(28-26-32)41(33-15-7-2-8-16-33,34-17-9-3-10-18-34)35-19-11-4-12-20-35/h1-28,39-40H/i1D,5D,6D,13D,14D. The maximum atomic E-state index is 9.68. The molecule has 0 spiro atoms. The van der Waals surface area contributed by atoms with Gasteiger partial charge in [0.1, 0.15) is 0 Å². The minimum Gasteiger partial charge on any atom is -0.423 e. The van der Waals surface area contributed by atoms with Crippen LogP contribution >= 0.6 is 0 Å². The summed E-state index contributed by atoms with van der Waals surface area (Å²) in [4.78, 5) is 1.62. The highest BCUT2D eigenvalue weighted by atomic mass is 28.3. The Labute approximate surface area is 249 Å². The van der Waals surface area contributed by atoms with Crippen molar-refractivity contribution in [3.05, 3.63) is 170 Å². The van der Waals surface area contributed by atoms with Crippen LogP contribution in [0.4, 0.5) is 17.1 Å². The average molecular weight is 553 g/mol. The molecule has 0 fully saturated rings. The smallest absolute Gasteiger partial charge is 0.423 e. The number of anilines is 3. The second-order valence-corrected chi connectivity index (χ2v) is 13.5. The molecule has 6 rings (SSSR count). The quantitative estimate of drug-likeness (QED) is 0.220. The molecule has 0 aliphatic heterocycles. The maximum absolute atomic E-state index is 9.68. The van der Waals surface area contributed by atoms with E-state index in [-0.39, 0.29) is 23.2 Å². The van der Waals surface area contributed by atoms with Gasteiger partial charge < -0.3 is 14.9 Å². The van der Waals surface area contributed by atoms with Gasteiger partial charge in [0.25, 0.3) is 0 Å².